The van der Waals surface area contributed by atoms with Gasteiger partial charge in [-0.15, -0.1) is 0 Å². The van der Waals surface area contributed by atoms with Gasteiger partial charge in [-0.2, -0.15) is 0 Å². The third-order valence-corrected chi connectivity index (χ3v) is 7.68. The summed E-state index contributed by atoms with van der Waals surface area (Å²) in [6, 6.07) is 0. The summed E-state index contributed by atoms with van der Waals surface area (Å²) >= 11 is 0.305. The van der Waals surface area contributed by atoms with Gasteiger partial charge in [-0.1, -0.05) is 0 Å². The van der Waals surface area contributed by atoms with Gasteiger partial charge in [0.1, 0.15) is 0 Å². The van der Waals surface area contributed by atoms with Crippen LogP contribution in [0.4, 0.5) is 0 Å². The van der Waals surface area contributed by atoms with Gasteiger partial charge in [0.25, 0.3) is 0 Å². The van der Waals surface area contributed by atoms with E-state index in [-0.39, 0.29) is 4.56 Å². The Kier molecular flexibility index (Phi) is 6.52. The van der Waals surface area contributed by atoms with Crippen LogP contribution < -0.4 is 0 Å². The average molecular weight is 259 g/mol. The number of hydrogen-bond acceptors (Lipinski definition) is 3. The van der Waals surface area contributed by atoms with Crippen molar-refractivity contribution in [2.24, 2.45) is 0 Å². The Morgan fingerprint density at radius 2 is 1.75 bits per heavy atom. The van der Waals surface area contributed by atoms with E-state index in [9.17, 15) is 4.57 Å². The summed E-state index contributed by atoms with van der Waals surface area (Å²) in [6.07, 6.45) is 0. The maximum absolute atomic E-state index is 11.9. The molecule has 1 unspecified atom stereocenters. The van der Waals surface area contributed by atoms with Crippen molar-refractivity contribution in [3.63, 3.8) is 0 Å². The molecule has 0 aromatic heterocycles. The van der Waals surface area contributed by atoms with E-state index in [2.05, 4.69) is 0 Å². The second kappa shape index (κ2) is 6.17. The average Bonchev–Trinajstić information content (AvgIpc) is 2.04. The third kappa shape index (κ3) is 3.59. The van der Waals surface area contributed by atoms with Gasteiger partial charge >= 0.3 is 80.5 Å². The van der Waals surface area contributed by atoms with Gasteiger partial charge in [-0.3, -0.25) is 0 Å². The number of hydrogen-bond donors (Lipinski definition) is 0. The summed E-state index contributed by atoms with van der Waals surface area (Å²) in [5.41, 5.74) is 0. The monoisotopic (exact) mass is 260 g/mol. The molecule has 0 aromatic carbocycles. The van der Waals surface area contributed by atoms with Crippen LogP contribution in [-0.2, 0) is 13.6 Å². The fourth-order valence-electron chi connectivity index (χ4n) is 0.736. The molecule has 0 rings (SSSR count). The Balaban J connectivity index is 4.27. The van der Waals surface area contributed by atoms with Crippen LogP contribution in [0.2, 0.25) is 5.82 Å². The topological polar surface area (TPSA) is 35.5 Å². The predicted octanol–water partition coefficient (Wildman–Crippen LogP) is 2.35. The fourth-order valence-corrected chi connectivity index (χ4v) is 4.60. The number of rotatable bonds is 6. The van der Waals surface area contributed by atoms with Crippen molar-refractivity contribution in [3.8, 4) is 0 Å². The molecule has 0 fully saturated rings. The minimum atomic E-state index is -2.78. The molecule has 74 valence electrons. The summed E-state index contributed by atoms with van der Waals surface area (Å²) in [6.45, 7) is 6.50. The van der Waals surface area contributed by atoms with Gasteiger partial charge in [0.2, 0.25) is 0 Å². The van der Waals surface area contributed by atoms with Gasteiger partial charge in [0.05, 0.1) is 0 Å². The zero-order valence-electron chi connectivity index (χ0n) is 8.07. The van der Waals surface area contributed by atoms with Gasteiger partial charge in [0, 0.05) is 0 Å². The van der Waals surface area contributed by atoms with Crippen LogP contribution in [0.1, 0.15) is 20.8 Å². The van der Waals surface area contributed by atoms with Gasteiger partial charge in [0.15, 0.2) is 0 Å². The van der Waals surface area contributed by atoms with Crippen LogP contribution in [-0.4, -0.2) is 32.7 Å². The zero-order chi connectivity index (χ0) is 9.61. The standard InChI is InChI=1S/C7H17O3PSe/c1-5-9-11(8,10-6-2)7(3)12-4/h7H,5-6H2,1-4H3. The van der Waals surface area contributed by atoms with E-state index in [1.165, 1.54) is 0 Å². The van der Waals surface area contributed by atoms with E-state index in [0.717, 1.165) is 0 Å². The van der Waals surface area contributed by atoms with E-state index in [1.54, 1.807) is 0 Å². The van der Waals surface area contributed by atoms with Crippen LogP contribution in [0.15, 0.2) is 0 Å². The van der Waals surface area contributed by atoms with Crippen LogP contribution in [0.5, 0.6) is 0 Å². The molecule has 0 aliphatic rings. The molecule has 0 aromatic rings. The normalized spacial score (nSPS) is 14.7. The van der Waals surface area contributed by atoms with Gasteiger partial charge in [-0.05, 0) is 0 Å². The first kappa shape index (κ1) is 12.7. The van der Waals surface area contributed by atoms with Gasteiger partial charge < -0.3 is 0 Å². The molecule has 3 nitrogen and oxygen atoms in total. The molecule has 0 aliphatic heterocycles. The van der Waals surface area contributed by atoms with E-state index in [0.29, 0.717) is 28.2 Å². The molecule has 0 bridgehead atoms. The first-order valence-corrected chi connectivity index (χ1v) is 8.33. The molecule has 0 saturated carbocycles. The van der Waals surface area contributed by atoms with Crippen molar-refractivity contribution in [1.29, 1.82) is 0 Å². The van der Waals surface area contributed by atoms with Crippen molar-refractivity contribution in [2.75, 3.05) is 13.2 Å². The molecule has 5 heteroatoms. The van der Waals surface area contributed by atoms with Crippen molar-refractivity contribution >= 4 is 22.6 Å². The SMILES string of the molecule is CCOP(=O)(OCC)C(C)[Se]C. The molecule has 0 aliphatic carbocycles. The Morgan fingerprint density at radius 1 is 1.33 bits per heavy atom. The molecular weight excluding hydrogens is 242 g/mol. The van der Waals surface area contributed by atoms with Crippen molar-refractivity contribution in [3.05, 3.63) is 0 Å². The quantitative estimate of drug-likeness (QED) is 0.542. The summed E-state index contributed by atoms with van der Waals surface area (Å²) in [4.78, 5) is 0. The summed E-state index contributed by atoms with van der Waals surface area (Å²) < 4.78 is 22.3. The Morgan fingerprint density at radius 3 is 2.00 bits per heavy atom. The van der Waals surface area contributed by atoms with Crippen molar-refractivity contribution in [2.45, 2.75) is 31.2 Å². The van der Waals surface area contributed by atoms with Crippen LogP contribution >= 0.6 is 7.60 Å². The van der Waals surface area contributed by atoms with Gasteiger partial charge in [-0.25, -0.2) is 0 Å². The van der Waals surface area contributed by atoms with E-state index in [4.69, 9.17) is 9.05 Å². The van der Waals surface area contributed by atoms with Crippen LogP contribution in [0.25, 0.3) is 0 Å². The molecular formula is C7H17O3PSe. The van der Waals surface area contributed by atoms with Crippen molar-refractivity contribution < 1.29 is 13.6 Å². The molecule has 0 radical (unpaired) electrons. The molecule has 0 saturated heterocycles. The molecule has 0 N–H and O–H groups in total. The molecule has 1 atom stereocenters. The first-order chi connectivity index (χ1) is 5.60. The minimum absolute atomic E-state index is 0.0601. The second-order valence-electron chi connectivity index (χ2n) is 2.21. The Labute approximate surface area is 80.9 Å². The third-order valence-electron chi connectivity index (χ3n) is 1.40. The first-order valence-electron chi connectivity index (χ1n) is 4.02. The molecule has 0 amide bonds. The fraction of sp³-hybridized carbons (Fsp3) is 1.00. The summed E-state index contributed by atoms with van der Waals surface area (Å²) in [5, 5.41) is 0. The molecule has 0 spiro atoms. The summed E-state index contributed by atoms with van der Waals surface area (Å²) in [5.74, 6) is 2.04. The van der Waals surface area contributed by atoms with E-state index in [1.807, 2.05) is 26.6 Å². The maximum atomic E-state index is 11.9. The Bertz CT molecular complexity index is 153. The second-order valence-corrected chi connectivity index (χ2v) is 7.84. The van der Waals surface area contributed by atoms with Crippen LogP contribution in [0, 0.1) is 0 Å². The van der Waals surface area contributed by atoms with Crippen molar-refractivity contribution in [1.82, 2.24) is 0 Å². The predicted molar refractivity (Wildman–Crippen MR) is 51.9 cm³/mol. The molecule has 12 heavy (non-hydrogen) atoms. The Hall–Kier alpha value is 0.669. The van der Waals surface area contributed by atoms with Crippen LogP contribution in [0.3, 0.4) is 0 Å². The summed E-state index contributed by atoms with van der Waals surface area (Å²) in [7, 11) is -2.78. The zero-order valence-corrected chi connectivity index (χ0v) is 10.7. The van der Waals surface area contributed by atoms with E-state index < -0.39 is 7.60 Å². The molecule has 0 heterocycles. The van der Waals surface area contributed by atoms with E-state index >= 15 is 0 Å².